The van der Waals surface area contributed by atoms with E-state index >= 15 is 0 Å². The van der Waals surface area contributed by atoms with Crippen LogP contribution in [0.3, 0.4) is 0 Å². The molecule has 0 saturated carbocycles. The van der Waals surface area contributed by atoms with Crippen molar-refractivity contribution in [2.24, 2.45) is 0 Å². The first-order valence-corrected chi connectivity index (χ1v) is 11.6. The topological polar surface area (TPSA) is 58.4 Å². The van der Waals surface area contributed by atoms with Crippen molar-refractivity contribution < 1.29 is 4.79 Å². The zero-order valence-corrected chi connectivity index (χ0v) is 18.8. The fraction of sp³-hybridized carbons (Fsp3) is 0.522. The summed E-state index contributed by atoms with van der Waals surface area (Å²) >= 11 is 1.58. The smallest absolute Gasteiger partial charge is 0.254 e. The van der Waals surface area contributed by atoms with E-state index in [9.17, 15) is 9.59 Å². The molecule has 2 aliphatic rings. The van der Waals surface area contributed by atoms with Crippen LogP contribution in [0.5, 0.6) is 0 Å². The highest BCUT2D eigenvalue weighted by molar-refractivity contribution is 7.99. The molecule has 1 amide bonds. The van der Waals surface area contributed by atoms with E-state index < -0.39 is 0 Å². The number of hydrogen-bond donors (Lipinski definition) is 0. The second-order valence-corrected chi connectivity index (χ2v) is 10.2. The van der Waals surface area contributed by atoms with Gasteiger partial charge in [-0.15, -0.1) is 0 Å². The van der Waals surface area contributed by atoms with Crippen LogP contribution in [-0.2, 0) is 16.8 Å². The Bertz CT molecular complexity index is 959. The number of rotatable bonds is 4. The Labute approximate surface area is 182 Å². The van der Waals surface area contributed by atoms with Crippen molar-refractivity contribution in [2.45, 2.75) is 50.4 Å². The van der Waals surface area contributed by atoms with Crippen LogP contribution in [0, 0.1) is 0 Å². The van der Waals surface area contributed by atoms with Crippen LogP contribution in [0.1, 0.15) is 44.5 Å². The monoisotopic (exact) mass is 426 g/mol. The second-order valence-electron chi connectivity index (χ2n) is 9.19. The molecule has 1 aromatic carbocycles. The van der Waals surface area contributed by atoms with E-state index in [4.69, 9.17) is 4.98 Å². The number of thioether (sulfide) groups is 1. The standard InChI is InChI=1S/C23H30N4O2S/c1-23(2,3)19-14-21(29)27-18(16-30-22(27)24-19)13-20(28)26-11-9-25(10-12-26)15-17-7-5-4-6-8-17/h4-8,14,18H,9-13,15-16H2,1-3H3. The van der Waals surface area contributed by atoms with Gasteiger partial charge in [-0.05, 0) is 5.56 Å². The van der Waals surface area contributed by atoms with E-state index in [-0.39, 0.29) is 22.9 Å². The van der Waals surface area contributed by atoms with Gasteiger partial charge in [0.25, 0.3) is 5.56 Å². The van der Waals surface area contributed by atoms with Crippen LogP contribution in [0.25, 0.3) is 0 Å². The van der Waals surface area contributed by atoms with Crippen molar-refractivity contribution in [1.82, 2.24) is 19.4 Å². The van der Waals surface area contributed by atoms with Crippen LogP contribution < -0.4 is 5.56 Å². The predicted octanol–water partition coefficient (Wildman–Crippen LogP) is 2.92. The van der Waals surface area contributed by atoms with Gasteiger partial charge in [0.05, 0.1) is 11.7 Å². The third-order valence-electron chi connectivity index (χ3n) is 5.84. The summed E-state index contributed by atoms with van der Waals surface area (Å²) in [7, 11) is 0. The minimum atomic E-state index is -0.164. The number of benzene rings is 1. The lowest BCUT2D eigenvalue weighted by Crippen LogP contribution is -2.48. The summed E-state index contributed by atoms with van der Waals surface area (Å²) in [6.45, 7) is 10.4. The molecule has 160 valence electrons. The Balaban J connectivity index is 1.36. The third kappa shape index (κ3) is 4.62. The zero-order chi connectivity index (χ0) is 21.3. The Morgan fingerprint density at radius 3 is 2.50 bits per heavy atom. The molecule has 3 heterocycles. The highest BCUT2D eigenvalue weighted by atomic mass is 32.2. The lowest BCUT2D eigenvalue weighted by molar-refractivity contribution is -0.133. The Morgan fingerprint density at radius 1 is 1.13 bits per heavy atom. The van der Waals surface area contributed by atoms with Crippen LogP contribution in [0.4, 0.5) is 0 Å². The molecule has 1 fully saturated rings. The average molecular weight is 427 g/mol. The van der Waals surface area contributed by atoms with Crippen molar-refractivity contribution in [1.29, 1.82) is 0 Å². The Kier molecular flexibility index (Phi) is 6.02. The summed E-state index contributed by atoms with van der Waals surface area (Å²) in [4.78, 5) is 34.7. The number of piperazine rings is 1. The summed E-state index contributed by atoms with van der Waals surface area (Å²) in [6, 6.07) is 12.0. The van der Waals surface area contributed by atoms with Crippen LogP contribution >= 0.6 is 11.8 Å². The predicted molar refractivity (Wildman–Crippen MR) is 120 cm³/mol. The first-order chi connectivity index (χ1) is 14.3. The van der Waals surface area contributed by atoms with E-state index in [0.29, 0.717) is 6.42 Å². The van der Waals surface area contributed by atoms with Crippen molar-refractivity contribution in [3.05, 3.63) is 58.0 Å². The number of hydrogen-bond acceptors (Lipinski definition) is 5. The van der Waals surface area contributed by atoms with Gasteiger partial charge in [-0.25, -0.2) is 4.98 Å². The second kappa shape index (κ2) is 8.55. The summed E-state index contributed by atoms with van der Waals surface area (Å²) in [5.41, 5.74) is 1.91. The number of amides is 1. The quantitative estimate of drug-likeness (QED) is 0.704. The summed E-state index contributed by atoms with van der Waals surface area (Å²) in [5.74, 6) is 0.870. The molecule has 7 heteroatoms. The summed E-state index contributed by atoms with van der Waals surface area (Å²) in [5, 5.41) is 0.748. The van der Waals surface area contributed by atoms with Crippen LogP contribution in [0.15, 0.2) is 46.3 Å². The molecule has 1 atom stereocenters. The summed E-state index contributed by atoms with van der Waals surface area (Å²) in [6.07, 6.45) is 0.370. The number of carbonyl (C=O) groups is 1. The van der Waals surface area contributed by atoms with Crippen LogP contribution in [-0.4, -0.2) is 57.2 Å². The molecular formula is C23H30N4O2S. The highest BCUT2D eigenvalue weighted by Gasteiger charge is 2.31. The summed E-state index contributed by atoms with van der Waals surface area (Å²) < 4.78 is 1.73. The molecule has 1 unspecified atom stereocenters. The molecule has 0 spiro atoms. The van der Waals surface area contributed by atoms with Gasteiger partial charge in [0.1, 0.15) is 0 Å². The number of carbonyl (C=O) groups excluding carboxylic acids is 1. The minimum Gasteiger partial charge on any atom is -0.340 e. The molecule has 1 aromatic heterocycles. The molecule has 6 nitrogen and oxygen atoms in total. The average Bonchev–Trinajstić information content (AvgIpc) is 3.12. The maximum absolute atomic E-state index is 12.9. The molecule has 30 heavy (non-hydrogen) atoms. The normalized spacial score (nSPS) is 19.7. The molecule has 4 rings (SSSR count). The van der Waals surface area contributed by atoms with Crippen molar-refractivity contribution in [3.63, 3.8) is 0 Å². The minimum absolute atomic E-state index is 0.0413. The molecule has 2 aromatic rings. The first-order valence-electron chi connectivity index (χ1n) is 10.6. The highest BCUT2D eigenvalue weighted by Crippen LogP contribution is 2.34. The Hall–Kier alpha value is -2.12. The van der Waals surface area contributed by atoms with Gasteiger partial charge in [0.2, 0.25) is 5.91 Å². The lowest BCUT2D eigenvalue weighted by Gasteiger charge is -2.35. The molecule has 1 saturated heterocycles. The molecule has 2 aliphatic heterocycles. The molecule has 0 aliphatic carbocycles. The molecule has 0 radical (unpaired) electrons. The SMILES string of the molecule is CC(C)(C)c1cc(=O)n2c(n1)SCC2CC(=O)N1CCN(Cc2ccccc2)CC1. The van der Waals surface area contributed by atoms with Crippen molar-refractivity contribution in [2.75, 3.05) is 31.9 Å². The first kappa shape index (κ1) is 21.1. The van der Waals surface area contributed by atoms with Gasteiger partial charge in [-0.2, -0.15) is 0 Å². The third-order valence-corrected chi connectivity index (χ3v) is 6.94. The fourth-order valence-electron chi connectivity index (χ4n) is 4.02. The van der Waals surface area contributed by atoms with E-state index in [0.717, 1.165) is 49.3 Å². The van der Waals surface area contributed by atoms with Gasteiger partial charge in [-0.3, -0.25) is 19.1 Å². The molecule has 0 N–H and O–H groups in total. The number of nitrogens with zero attached hydrogens (tertiary/aromatic N) is 4. The fourth-order valence-corrected chi connectivity index (χ4v) is 5.16. The van der Waals surface area contributed by atoms with Crippen molar-refractivity contribution >= 4 is 17.7 Å². The van der Waals surface area contributed by atoms with Crippen molar-refractivity contribution in [3.8, 4) is 0 Å². The van der Waals surface area contributed by atoms with E-state index in [1.807, 2.05) is 11.0 Å². The molecule has 0 bridgehead atoms. The van der Waals surface area contributed by atoms with Gasteiger partial charge in [0, 0.05) is 56.4 Å². The van der Waals surface area contributed by atoms with Gasteiger partial charge < -0.3 is 4.90 Å². The van der Waals surface area contributed by atoms with Gasteiger partial charge >= 0.3 is 0 Å². The van der Waals surface area contributed by atoms with Crippen LogP contribution in [0.2, 0.25) is 0 Å². The number of fused-ring (bicyclic) bond motifs is 1. The van der Waals surface area contributed by atoms with E-state index in [1.54, 1.807) is 22.4 Å². The Morgan fingerprint density at radius 2 is 1.83 bits per heavy atom. The van der Waals surface area contributed by atoms with Gasteiger partial charge in [-0.1, -0.05) is 62.9 Å². The largest absolute Gasteiger partial charge is 0.340 e. The maximum Gasteiger partial charge on any atom is 0.254 e. The number of aromatic nitrogens is 2. The maximum atomic E-state index is 12.9. The van der Waals surface area contributed by atoms with E-state index in [1.165, 1.54) is 5.56 Å². The van der Waals surface area contributed by atoms with Gasteiger partial charge in [0.15, 0.2) is 5.16 Å². The zero-order valence-electron chi connectivity index (χ0n) is 18.0. The lowest BCUT2D eigenvalue weighted by atomic mass is 9.92. The molecular weight excluding hydrogens is 396 g/mol. The van der Waals surface area contributed by atoms with E-state index in [2.05, 4.69) is 49.9 Å².